The second-order valence-corrected chi connectivity index (χ2v) is 12.6. The number of nitro groups is 1. The van der Waals surface area contributed by atoms with E-state index < -0.39 is 39.0 Å². The normalized spacial score (nSPS) is 12.3. The molecule has 1 atom stereocenters. The minimum atomic E-state index is -4.32. The summed E-state index contributed by atoms with van der Waals surface area (Å²) >= 11 is 0. The van der Waals surface area contributed by atoms with Gasteiger partial charge in [0.1, 0.15) is 12.6 Å². The summed E-state index contributed by atoms with van der Waals surface area (Å²) in [4.78, 5) is 39.6. The van der Waals surface area contributed by atoms with E-state index in [1.54, 1.807) is 25.1 Å². The highest BCUT2D eigenvalue weighted by atomic mass is 32.2. The number of aryl methyl sites for hydroxylation is 1. The molecular formula is C30H36N4O6S. The molecule has 3 aromatic carbocycles. The maximum atomic E-state index is 14.1. The standard InChI is InChI=1S/C30H36N4O6S/c1-6-27(29(36)31-30(3,4)5)32(20-23-17-15-22(2)16-18-23)28(35)21-33(24-11-10-12-25(19-24)34(37)38)41(39,40)26-13-8-7-9-14-26/h7-19,27H,6,20-21H2,1-5H3,(H,31,36)/t27-/m1/s1. The zero-order chi connectivity index (χ0) is 30.4. The number of carbonyl (C=O) groups is 2. The van der Waals surface area contributed by atoms with Gasteiger partial charge in [0.25, 0.3) is 15.7 Å². The average molecular weight is 581 g/mol. The molecule has 0 unspecified atom stereocenters. The van der Waals surface area contributed by atoms with E-state index in [1.165, 1.54) is 35.2 Å². The second kappa shape index (κ2) is 12.9. The number of nitrogens with zero attached hydrogens (tertiary/aromatic N) is 3. The number of anilines is 1. The number of benzene rings is 3. The van der Waals surface area contributed by atoms with Gasteiger partial charge in [-0.3, -0.25) is 24.0 Å². The monoisotopic (exact) mass is 580 g/mol. The van der Waals surface area contributed by atoms with Crippen LogP contribution in [0.5, 0.6) is 0 Å². The summed E-state index contributed by atoms with van der Waals surface area (Å²) in [6, 6.07) is 19.2. The van der Waals surface area contributed by atoms with Crippen LogP contribution in [0.4, 0.5) is 11.4 Å². The SMILES string of the molecule is CC[C@H](C(=O)NC(C)(C)C)N(Cc1ccc(C)cc1)C(=O)CN(c1cccc([N+](=O)[O-])c1)S(=O)(=O)c1ccccc1. The van der Waals surface area contributed by atoms with Gasteiger partial charge in [-0.25, -0.2) is 8.42 Å². The Bertz CT molecular complexity index is 1490. The number of hydrogen-bond donors (Lipinski definition) is 1. The summed E-state index contributed by atoms with van der Waals surface area (Å²) in [5.41, 5.74) is 0.859. The molecule has 10 nitrogen and oxygen atoms in total. The molecule has 218 valence electrons. The third-order valence-electron chi connectivity index (χ3n) is 6.30. The van der Waals surface area contributed by atoms with Crippen molar-refractivity contribution in [2.45, 2.75) is 64.1 Å². The van der Waals surface area contributed by atoms with Crippen LogP contribution < -0.4 is 9.62 Å². The molecule has 11 heteroatoms. The van der Waals surface area contributed by atoms with Crippen LogP contribution in [0.15, 0.2) is 83.8 Å². The van der Waals surface area contributed by atoms with E-state index in [0.717, 1.165) is 21.5 Å². The van der Waals surface area contributed by atoms with Crippen molar-refractivity contribution in [3.63, 3.8) is 0 Å². The van der Waals surface area contributed by atoms with Crippen LogP contribution >= 0.6 is 0 Å². The highest BCUT2D eigenvalue weighted by Gasteiger charge is 2.35. The van der Waals surface area contributed by atoms with Gasteiger partial charge in [-0.1, -0.05) is 61.0 Å². The minimum absolute atomic E-state index is 0.0427. The Morgan fingerprint density at radius 3 is 2.17 bits per heavy atom. The summed E-state index contributed by atoms with van der Waals surface area (Å²) in [6.07, 6.45) is 0.280. The van der Waals surface area contributed by atoms with Crippen molar-refractivity contribution in [2.24, 2.45) is 0 Å². The smallest absolute Gasteiger partial charge is 0.271 e. The van der Waals surface area contributed by atoms with Crippen LogP contribution in [0.1, 0.15) is 45.2 Å². The number of hydrogen-bond acceptors (Lipinski definition) is 6. The van der Waals surface area contributed by atoms with Crippen LogP contribution in [0, 0.1) is 17.0 Å². The molecule has 0 radical (unpaired) electrons. The first-order valence-electron chi connectivity index (χ1n) is 13.2. The van der Waals surface area contributed by atoms with Gasteiger partial charge in [-0.2, -0.15) is 0 Å². The summed E-state index contributed by atoms with van der Waals surface area (Å²) in [5, 5.41) is 14.4. The van der Waals surface area contributed by atoms with Crippen molar-refractivity contribution in [2.75, 3.05) is 10.8 Å². The number of carbonyl (C=O) groups excluding carboxylic acids is 2. The van der Waals surface area contributed by atoms with E-state index in [-0.39, 0.29) is 35.1 Å². The first-order chi connectivity index (χ1) is 19.2. The molecule has 3 aromatic rings. The van der Waals surface area contributed by atoms with Crippen molar-refractivity contribution in [1.29, 1.82) is 0 Å². The number of rotatable bonds is 11. The second-order valence-electron chi connectivity index (χ2n) is 10.8. The number of nitro benzene ring substituents is 1. The number of non-ortho nitro benzene ring substituents is 1. The Kier molecular flexibility index (Phi) is 9.88. The van der Waals surface area contributed by atoms with Gasteiger partial charge in [-0.15, -0.1) is 0 Å². The molecule has 0 saturated heterocycles. The first kappa shape index (κ1) is 31.3. The lowest BCUT2D eigenvalue weighted by Crippen LogP contribution is -2.55. The fourth-order valence-corrected chi connectivity index (χ4v) is 5.70. The number of amides is 2. The maximum absolute atomic E-state index is 14.1. The maximum Gasteiger partial charge on any atom is 0.271 e. The van der Waals surface area contributed by atoms with Gasteiger partial charge in [0.2, 0.25) is 11.8 Å². The van der Waals surface area contributed by atoms with E-state index in [9.17, 15) is 28.1 Å². The van der Waals surface area contributed by atoms with Crippen LogP contribution in [-0.4, -0.2) is 48.2 Å². The van der Waals surface area contributed by atoms with Gasteiger partial charge < -0.3 is 10.2 Å². The Morgan fingerprint density at radius 1 is 0.976 bits per heavy atom. The summed E-state index contributed by atoms with van der Waals surface area (Å²) in [7, 11) is -4.32. The van der Waals surface area contributed by atoms with E-state index in [0.29, 0.717) is 0 Å². The van der Waals surface area contributed by atoms with Crippen LogP contribution in [0.3, 0.4) is 0 Å². The van der Waals surface area contributed by atoms with Crippen LogP contribution in [-0.2, 0) is 26.2 Å². The molecule has 1 N–H and O–H groups in total. The third kappa shape index (κ3) is 8.14. The molecule has 0 heterocycles. The van der Waals surface area contributed by atoms with Crippen molar-refractivity contribution in [3.8, 4) is 0 Å². The molecule has 2 amide bonds. The van der Waals surface area contributed by atoms with Crippen molar-refractivity contribution < 1.29 is 22.9 Å². The molecule has 41 heavy (non-hydrogen) atoms. The summed E-state index contributed by atoms with van der Waals surface area (Å²) < 4.78 is 28.5. The van der Waals surface area contributed by atoms with Crippen LogP contribution in [0.2, 0.25) is 0 Å². The van der Waals surface area contributed by atoms with Crippen molar-refractivity contribution in [3.05, 3.63) is 100 Å². The molecule has 0 aliphatic rings. The fraction of sp³-hybridized carbons (Fsp3) is 0.333. The topological polar surface area (TPSA) is 130 Å². The zero-order valence-electron chi connectivity index (χ0n) is 23.9. The molecule has 3 rings (SSSR count). The lowest BCUT2D eigenvalue weighted by Gasteiger charge is -2.34. The minimum Gasteiger partial charge on any atom is -0.350 e. The Balaban J connectivity index is 2.10. The molecule has 0 fully saturated rings. The largest absolute Gasteiger partial charge is 0.350 e. The Labute approximate surface area is 241 Å². The lowest BCUT2D eigenvalue weighted by atomic mass is 10.1. The molecule has 0 spiro atoms. The third-order valence-corrected chi connectivity index (χ3v) is 8.08. The summed E-state index contributed by atoms with van der Waals surface area (Å²) in [6.45, 7) is 8.60. The number of sulfonamides is 1. The molecule has 0 aliphatic carbocycles. The highest BCUT2D eigenvalue weighted by Crippen LogP contribution is 2.28. The molecule has 0 bridgehead atoms. The molecule has 0 aromatic heterocycles. The van der Waals surface area contributed by atoms with Crippen molar-refractivity contribution in [1.82, 2.24) is 10.2 Å². The van der Waals surface area contributed by atoms with E-state index in [1.807, 2.05) is 52.0 Å². The van der Waals surface area contributed by atoms with E-state index in [4.69, 9.17) is 0 Å². The number of nitrogens with one attached hydrogen (secondary N) is 1. The van der Waals surface area contributed by atoms with Gasteiger partial charge in [0.05, 0.1) is 15.5 Å². The quantitative estimate of drug-likeness (QED) is 0.256. The highest BCUT2D eigenvalue weighted by molar-refractivity contribution is 7.92. The lowest BCUT2D eigenvalue weighted by molar-refractivity contribution is -0.384. The van der Waals surface area contributed by atoms with Gasteiger partial charge in [0, 0.05) is 24.2 Å². The predicted octanol–water partition coefficient (Wildman–Crippen LogP) is 4.82. The van der Waals surface area contributed by atoms with E-state index in [2.05, 4.69) is 5.32 Å². The molecular weight excluding hydrogens is 544 g/mol. The summed E-state index contributed by atoms with van der Waals surface area (Å²) in [5.74, 6) is -0.999. The molecule has 0 saturated carbocycles. The zero-order valence-corrected chi connectivity index (χ0v) is 24.7. The van der Waals surface area contributed by atoms with Gasteiger partial charge in [0.15, 0.2) is 0 Å². The molecule has 0 aliphatic heterocycles. The Morgan fingerprint density at radius 2 is 1.61 bits per heavy atom. The fourth-order valence-electron chi connectivity index (χ4n) is 4.27. The first-order valence-corrected chi connectivity index (χ1v) is 14.7. The average Bonchev–Trinajstić information content (AvgIpc) is 2.92. The van der Waals surface area contributed by atoms with E-state index >= 15 is 0 Å². The predicted molar refractivity (Wildman–Crippen MR) is 158 cm³/mol. The Hall–Kier alpha value is -4.25. The van der Waals surface area contributed by atoms with Crippen molar-refractivity contribution >= 4 is 33.2 Å². The van der Waals surface area contributed by atoms with Crippen LogP contribution in [0.25, 0.3) is 0 Å². The van der Waals surface area contributed by atoms with Gasteiger partial charge in [-0.05, 0) is 57.9 Å². The van der Waals surface area contributed by atoms with Gasteiger partial charge >= 0.3 is 0 Å².